The first-order chi connectivity index (χ1) is 21.1. The van der Waals surface area contributed by atoms with E-state index in [1.165, 1.54) is 0 Å². The molecule has 12 heteroatoms. The summed E-state index contributed by atoms with van der Waals surface area (Å²) in [5, 5.41) is 3.11. The normalized spacial score (nSPS) is 17.6. The number of nitrogens with one attached hydrogen (secondary N) is 1. The fraction of sp³-hybridized carbons (Fsp3) is 0.355. The van der Waals surface area contributed by atoms with Crippen LogP contribution in [0.3, 0.4) is 0 Å². The van der Waals surface area contributed by atoms with Crippen molar-refractivity contribution >= 4 is 11.7 Å². The van der Waals surface area contributed by atoms with Crippen molar-refractivity contribution in [3.8, 4) is 28.9 Å². The Labute approximate surface area is 249 Å². The van der Waals surface area contributed by atoms with E-state index < -0.39 is 0 Å². The number of nitrogens with zero attached hydrogens (tertiary/aromatic N) is 6. The minimum Gasteiger partial charge on any atom is -0.486 e. The molecule has 7 rings (SSSR count). The van der Waals surface area contributed by atoms with Crippen LogP contribution in [0.2, 0.25) is 0 Å². The number of benzene rings is 2. The van der Waals surface area contributed by atoms with Gasteiger partial charge in [-0.1, -0.05) is 12.1 Å². The highest BCUT2D eigenvalue weighted by Gasteiger charge is 2.31. The number of fused-ring (bicyclic) bond motifs is 2. The summed E-state index contributed by atoms with van der Waals surface area (Å²) in [4.78, 5) is 31.6. The molecule has 12 nitrogen and oxygen atoms in total. The molecule has 43 heavy (non-hydrogen) atoms. The molecule has 1 unspecified atom stereocenters. The van der Waals surface area contributed by atoms with Crippen LogP contribution < -0.4 is 29.2 Å². The maximum absolute atomic E-state index is 13.4. The highest BCUT2D eigenvalue weighted by Crippen LogP contribution is 2.33. The molecule has 0 bridgehead atoms. The molecule has 2 aromatic heterocycles. The molecule has 1 saturated heterocycles. The second-order valence-corrected chi connectivity index (χ2v) is 10.9. The second-order valence-electron chi connectivity index (χ2n) is 10.9. The van der Waals surface area contributed by atoms with Gasteiger partial charge in [-0.3, -0.25) is 14.3 Å². The Morgan fingerprint density at radius 1 is 0.930 bits per heavy atom. The Kier molecular flexibility index (Phi) is 7.42. The Morgan fingerprint density at radius 3 is 2.56 bits per heavy atom. The smallest absolute Gasteiger partial charge is 0.237 e. The van der Waals surface area contributed by atoms with E-state index in [9.17, 15) is 4.79 Å². The average molecular weight is 584 g/mol. The summed E-state index contributed by atoms with van der Waals surface area (Å²) < 4.78 is 24.2. The topological polar surface area (TPSA) is 116 Å². The predicted molar refractivity (Wildman–Crippen MR) is 157 cm³/mol. The van der Waals surface area contributed by atoms with Gasteiger partial charge in [0.15, 0.2) is 23.0 Å². The summed E-state index contributed by atoms with van der Waals surface area (Å²) in [7, 11) is 0. The zero-order chi connectivity index (χ0) is 29.2. The van der Waals surface area contributed by atoms with Crippen LogP contribution in [-0.2, 0) is 17.9 Å². The van der Waals surface area contributed by atoms with E-state index in [-0.39, 0.29) is 18.7 Å². The molecule has 0 aliphatic carbocycles. The van der Waals surface area contributed by atoms with Crippen LogP contribution in [0.15, 0.2) is 61.2 Å². The molecule has 3 aliphatic heterocycles. The molecule has 3 aliphatic rings. The number of hydrogen-bond acceptors (Lipinski definition) is 10. The summed E-state index contributed by atoms with van der Waals surface area (Å²) in [5.74, 6) is 4.31. The third-order valence-corrected chi connectivity index (χ3v) is 7.79. The third kappa shape index (κ3) is 6.05. The highest BCUT2D eigenvalue weighted by molar-refractivity contribution is 5.77. The Morgan fingerprint density at radius 2 is 1.70 bits per heavy atom. The summed E-state index contributed by atoms with van der Waals surface area (Å²) in [5.41, 5.74) is 2.94. The van der Waals surface area contributed by atoms with Gasteiger partial charge < -0.3 is 29.2 Å². The molecular weight excluding hydrogens is 550 g/mol. The van der Waals surface area contributed by atoms with E-state index in [1.807, 2.05) is 49.5 Å². The molecule has 4 aromatic rings. The van der Waals surface area contributed by atoms with Gasteiger partial charge >= 0.3 is 0 Å². The quantitative estimate of drug-likeness (QED) is 0.332. The van der Waals surface area contributed by atoms with Crippen molar-refractivity contribution < 1.29 is 23.7 Å². The number of amides is 1. The molecule has 0 saturated carbocycles. The van der Waals surface area contributed by atoms with Crippen molar-refractivity contribution in [2.45, 2.75) is 32.5 Å². The van der Waals surface area contributed by atoms with Gasteiger partial charge in [-0.05, 0) is 42.3 Å². The second kappa shape index (κ2) is 11.8. The largest absolute Gasteiger partial charge is 0.486 e. The summed E-state index contributed by atoms with van der Waals surface area (Å²) in [6.07, 6.45) is 5.52. The molecule has 5 heterocycles. The molecule has 1 N–H and O–H groups in total. The van der Waals surface area contributed by atoms with Crippen molar-refractivity contribution in [3.63, 3.8) is 0 Å². The third-order valence-electron chi connectivity index (χ3n) is 7.79. The van der Waals surface area contributed by atoms with Crippen LogP contribution in [0, 0.1) is 6.92 Å². The molecule has 222 valence electrons. The molecule has 0 radical (unpaired) electrons. The van der Waals surface area contributed by atoms with E-state index >= 15 is 0 Å². The predicted octanol–water partition coefficient (Wildman–Crippen LogP) is 2.87. The average Bonchev–Trinajstić information content (AvgIpc) is 3.73. The maximum atomic E-state index is 13.4. The summed E-state index contributed by atoms with van der Waals surface area (Å²) in [6.45, 7) is 6.63. The van der Waals surface area contributed by atoms with E-state index in [0.29, 0.717) is 51.0 Å². The minimum atomic E-state index is -0.104. The van der Waals surface area contributed by atoms with Crippen molar-refractivity contribution in [2.75, 3.05) is 44.5 Å². The lowest BCUT2D eigenvalue weighted by atomic mass is 10.1. The van der Waals surface area contributed by atoms with Gasteiger partial charge in [0.1, 0.15) is 25.4 Å². The van der Waals surface area contributed by atoms with Gasteiger partial charge in [-0.2, -0.15) is 4.98 Å². The van der Waals surface area contributed by atoms with Crippen molar-refractivity contribution in [2.24, 2.45) is 0 Å². The first-order valence-corrected chi connectivity index (χ1v) is 14.4. The molecule has 1 amide bonds. The number of carbonyl (C=O) groups excluding carboxylic acids is 1. The number of ether oxygens (including phenoxy) is 4. The lowest BCUT2D eigenvalue weighted by molar-refractivity contribution is -0.121. The van der Waals surface area contributed by atoms with Crippen molar-refractivity contribution in [1.29, 1.82) is 0 Å². The van der Waals surface area contributed by atoms with Gasteiger partial charge in [-0.15, -0.1) is 0 Å². The Balaban J connectivity index is 1.08. The number of piperazine rings is 1. The van der Waals surface area contributed by atoms with E-state index in [1.54, 1.807) is 17.1 Å². The first kappa shape index (κ1) is 27.0. The molecule has 1 atom stereocenters. The minimum absolute atomic E-state index is 0.0320. The van der Waals surface area contributed by atoms with Crippen LogP contribution in [0.5, 0.6) is 23.0 Å². The number of rotatable bonds is 8. The number of aryl methyl sites for hydroxylation is 1. The fourth-order valence-electron chi connectivity index (χ4n) is 5.70. The zero-order valence-corrected chi connectivity index (χ0v) is 23.9. The van der Waals surface area contributed by atoms with Crippen molar-refractivity contribution in [3.05, 3.63) is 78.0 Å². The molecule has 2 aromatic carbocycles. The van der Waals surface area contributed by atoms with Crippen LogP contribution in [0.25, 0.3) is 5.95 Å². The monoisotopic (exact) mass is 583 g/mol. The zero-order valence-electron chi connectivity index (χ0n) is 23.9. The summed E-state index contributed by atoms with van der Waals surface area (Å²) in [6, 6.07) is 13.7. The van der Waals surface area contributed by atoms with Gasteiger partial charge in [0.25, 0.3) is 0 Å². The number of anilines is 1. The number of imidazole rings is 1. The number of hydrogen-bond donors (Lipinski definition) is 1. The Hall–Kier alpha value is -4.84. The highest BCUT2D eigenvalue weighted by atomic mass is 16.7. The van der Waals surface area contributed by atoms with Crippen LogP contribution in [0.4, 0.5) is 5.82 Å². The van der Waals surface area contributed by atoms with Crippen molar-refractivity contribution in [1.82, 2.24) is 29.7 Å². The van der Waals surface area contributed by atoms with Gasteiger partial charge in [0, 0.05) is 63.3 Å². The number of aromatic nitrogens is 4. The maximum Gasteiger partial charge on any atom is 0.237 e. The van der Waals surface area contributed by atoms with Gasteiger partial charge in [-0.25, -0.2) is 9.97 Å². The fourth-order valence-corrected chi connectivity index (χ4v) is 5.70. The van der Waals surface area contributed by atoms with E-state index in [4.69, 9.17) is 23.9 Å². The summed E-state index contributed by atoms with van der Waals surface area (Å²) >= 11 is 0. The Bertz CT molecular complexity index is 1610. The number of carbonyl (C=O) groups is 1. The standard InChI is InChI=1S/C31H33N7O5/c1-21-12-29(35-31(34-21)37-7-6-32-19-37)38-9-8-36(17-23-3-5-26-28(14-23)43-20-42-26)18-24(38)15-30(39)33-16-22-2-4-25-27(13-22)41-11-10-40-25/h2-7,12-14,19,24H,8-11,15-18,20H2,1H3,(H,33,39). The lowest BCUT2D eigenvalue weighted by Gasteiger charge is -2.42. The molecule has 1 fully saturated rings. The van der Waals surface area contributed by atoms with E-state index in [2.05, 4.69) is 31.2 Å². The van der Waals surface area contributed by atoms with Crippen LogP contribution in [0.1, 0.15) is 23.2 Å². The van der Waals surface area contributed by atoms with Crippen LogP contribution >= 0.6 is 0 Å². The van der Waals surface area contributed by atoms with Crippen LogP contribution in [-0.4, -0.2) is 76.0 Å². The van der Waals surface area contributed by atoms with E-state index in [0.717, 1.165) is 53.0 Å². The first-order valence-electron chi connectivity index (χ1n) is 14.4. The lowest BCUT2D eigenvalue weighted by Crippen LogP contribution is -2.54. The van der Waals surface area contributed by atoms with Gasteiger partial charge in [0.05, 0.1) is 6.04 Å². The molecule has 0 spiro atoms. The SMILES string of the molecule is Cc1cc(N2CCN(Cc3ccc4c(c3)OCO4)CC2CC(=O)NCc2ccc3c(c2)OCCO3)nc(-n2ccnc2)n1. The molecular formula is C31H33N7O5. The van der Waals surface area contributed by atoms with Gasteiger partial charge in [0.2, 0.25) is 18.6 Å².